The minimum atomic E-state index is -0.343. The van der Waals surface area contributed by atoms with Gasteiger partial charge < -0.3 is 15.0 Å². The van der Waals surface area contributed by atoms with Crippen molar-refractivity contribution in [2.45, 2.75) is 45.1 Å². The van der Waals surface area contributed by atoms with E-state index in [-0.39, 0.29) is 23.5 Å². The number of likely N-dealkylation sites (tertiary alicyclic amines) is 1. The lowest BCUT2D eigenvalue weighted by Gasteiger charge is -2.32. The normalized spacial score (nSPS) is 14.6. The molecular formula is C25H30ClN5O3S. The van der Waals surface area contributed by atoms with Crippen LogP contribution in [0.2, 0.25) is 5.02 Å². The molecule has 35 heavy (non-hydrogen) atoms. The van der Waals surface area contributed by atoms with Gasteiger partial charge in [-0.25, -0.2) is 4.79 Å². The Morgan fingerprint density at radius 1 is 1.11 bits per heavy atom. The number of amides is 3. The molecule has 3 amide bonds. The first-order chi connectivity index (χ1) is 16.6. The molecule has 1 aliphatic rings. The number of benzene rings is 1. The number of urea groups is 1. The maximum atomic E-state index is 12.6. The molecule has 4 rings (SSSR count). The highest BCUT2D eigenvalue weighted by Gasteiger charge is 2.26. The van der Waals surface area contributed by atoms with E-state index in [2.05, 4.69) is 36.5 Å². The number of rotatable bonds is 5. The lowest BCUT2D eigenvalue weighted by Crippen LogP contribution is -2.41. The van der Waals surface area contributed by atoms with Crippen LogP contribution in [-0.2, 0) is 12.5 Å². The summed E-state index contributed by atoms with van der Waals surface area (Å²) < 4.78 is 7.76. The van der Waals surface area contributed by atoms with Crippen molar-refractivity contribution >= 4 is 46.4 Å². The van der Waals surface area contributed by atoms with Gasteiger partial charge in [-0.2, -0.15) is 5.10 Å². The Bertz CT molecular complexity index is 1190. The number of ether oxygens (including phenoxy) is 1. The van der Waals surface area contributed by atoms with Crippen molar-refractivity contribution in [2.75, 3.05) is 23.7 Å². The Morgan fingerprint density at radius 3 is 2.37 bits per heavy atom. The van der Waals surface area contributed by atoms with Crippen LogP contribution in [0.15, 0.2) is 41.8 Å². The number of carbonyl (C=O) groups is 2. The van der Waals surface area contributed by atoms with Crippen molar-refractivity contribution in [1.29, 1.82) is 0 Å². The van der Waals surface area contributed by atoms with Crippen molar-refractivity contribution in [3.05, 3.63) is 57.4 Å². The minimum absolute atomic E-state index is 0.0158. The predicted molar refractivity (Wildman–Crippen MR) is 140 cm³/mol. The molecule has 1 fully saturated rings. The van der Waals surface area contributed by atoms with Gasteiger partial charge in [-0.1, -0.05) is 32.4 Å². The summed E-state index contributed by atoms with van der Waals surface area (Å²) in [5.74, 6) is 1.33. The van der Waals surface area contributed by atoms with E-state index in [1.54, 1.807) is 29.9 Å². The molecule has 3 aromatic rings. The van der Waals surface area contributed by atoms with Crippen LogP contribution in [0.5, 0.6) is 5.75 Å². The molecular weight excluding hydrogens is 486 g/mol. The van der Waals surface area contributed by atoms with E-state index in [0.29, 0.717) is 34.5 Å². The monoisotopic (exact) mass is 515 g/mol. The van der Waals surface area contributed by atoms with Crippen LogP contribution < -0.4 is 15.4 Å². The molecule has 1 aliphatic heterocycles. The number of carbonyl (C=O) groups excluding carboxylic acids is 2. The number of thiophene rings is 1. The zero-order valence-corrected chi connectivity index (χ0v) is 21.9. The molecule has 10 heteroatoms. The van der Waals surface area contributed by atoms with E-state index < -0.39 is 0 Å². The largest absolute Gasteiger partial charge is 0.490 e. The molecule has 0 unspecified atom stereocenters. The quantitative estimate of drug-likeness (QED) is 0.452. The van der Waals surface area contributed by atoms with Gasteiger partial charge in [0.15, 0.2) is 0 Å². The first-order valence-corrected chi connectivity index (χ1v) is 12.8. The molecule has 2 aromatic heterocycles. The van der Waals surface area contributed by atoms with E-state index in [0.717, 1.165) is 24.3 Å². The second kappa shape index (κ2) is 10.3. The van der Waals surface area contributed by atoms with E-state index in [4.69, 9.17) is 16.3 Å². The van der Waals surface area contributed by atoms with Gasteiger partial charge in [0.25, 0.3) is 5.91 Å². The first-order valence-electron chi connectivity index (χ1n) is 11.5. The second-order valence-corrected chi connectivity index (χ2v) is 10.9. The van der Waals surface area contributed by atoms with E-state index in [1.165, 1.54) is 11.3 Å². The van der Waals surface area contributed by atoms with Gasteiger partial charge in [0.05, 0.1) is 10.7 Å². The lowest BCUT2D eigenvalue weighted by atomic mass is 9.92. The topological polar surface area (TPSA) is 88.5 Å². The standard InChI is InChI=1S/C25H30ClN5O3S/c1-25(2,3)20-15-21(30(4)29-20)28-24(33)27-16-5-7-17(8-6-16)34-18-9-12-31(13-10-18)23(32)22-19(26)11-14-35-22/h5-8,11,14-15,18H,9-10,12-13H2,1-4H3,(H2,27,28,33). The maximum Gasteiger partial charge on any atom is 0.324 e. The van der Waals surface area contributed by atoms with Crippen molar-refractivity contribution in [1.82, 2.24) is 14.7 Å². The van der Waals surface area contributed by atoms with Crippen molar-refractivity contribution in [2.24, 2.45) is 7.05 Å². The number of nitrogens with one attached hydrogen (secondary N) is 2. The smallest absolute Gasteiger partial charge is 0.324 e. The van der Waals surface area contributed by atoms with E-state index in [9.17, 15) is 9.59 Å². The average molecular weight is 516 g/mol. The molecule has 0 radical (unpaired) electrons. The van der Waals surface area contributed by atoms with Gasteiger partial charge in [0, 0.05) is 50.1 Å². The highest BCUT2D eigenvalue weighted by molar-refractivity contribution is 7.12. The molecule has 0 bridgehead atoms. The Hall–Kier alpha value is -3.04. The number of hydrogen-bond acceptors (Lipinski definition) is 5. The molecule has 2 N–H and O–H groups in total. The van der Waals surface area contributed by atoms with Crippen LogP contribution in [0.3, 0.4) is 0 Å². The SMILES string of the molecule is Cn1nc(C(C)(C)C)cc1NC(=O)Nc1ccc(OC2CCN(C(=O)c3sccc3Cl)CC2)cc1. The molecule has 0 saturated carbocycles. The van der Waals surface area contributed by atoms with Crippen LogP contribution >= 0.6 is 22.9 Å². The number of aryl methyl sites for hydroxylation is 1. The predicted octanol–water partition coefficient (Wildman–Crippen LogP) is 5.76. The molecule has 1 aromatic carbocycles. The highest BCUT2D eigenvalue weighted by Crippen LogP contribution is 2.27. The number of piperidine rings is 1. The molecule has 0 atom stereocenters. The Morgan fingerprint density at radius 2 is 1.80 bits per heavy atom. The van der Waals surface area contributed by atoms with Gasteiger partial charge in [-0.3, -0.25) is 14.8 Å². The molecule has 0 aliphatic carbocycles. The Balaban J connectivity index is 1.26. The highest BCUT2D eigenvalue weighted by atomic mass is 35.5. The van der Waals surface area contributed by atoms with Gasteiger partial charge in [0.2, 0.25) is 0 Å². The summed E-state index contributed by atoms with van der Waals surface area (Å²) in [5.41, 5.74) is 1.46. The molecule has 8 nitrogen and oxygen atoms in total. The lowest BCUT2D eigenvalue weighted by molar-refractivity contribution is 0.0600. The maximum absolute atomic E-state index is 12.6. The Kier molecular flexibility index (Phi) is 7.37. The third-order valence-corrected chi connectivity index (χ3v) is 7.17. The van der Waals surface area contributed by atoms with Gasteiger partial charge in [0.1, 0.15) is 22.5 Å². The zero-order valence-electron chi connectivity index (χ0n) is 20.3. The molecule has 0 spiro atoms. The summed E-state index contributed by atoms with van der Waals surface area (Å²) >= 11 is 7.47. The average Bonchev–Trinajstić information content (AvgIpc) is 3.40. The number of hydrogen-bond donors (Lipinski definition) is 2. The number of aromatic nitrogens is 2. The van der Waals surface area contributed by atoms with Crippen LogP contribution in [0.25, 0.3) is 0 Å². The van der Waals surface area contributed by atoms with Crippen LogP contribution in [0.1, 0.15) is 49.0 Å². The number of anilines is 2. The Labute approximate surface area is 214 Å². The molecule has 186 valence electrons. The van der Waals surface area contributed by atoms with Crippen LogP contribution in [0, 0.1) is 0 Å². The van der Waals surface area contributed by atoms with Crippen molar-refractivity contribution in [3.63, 3.8) is 0 Å². The summed E-state index contributed by atoms with van der Waals surface area (Å²) in [6, 6.07) is 10.6. The summed E-state index contributed by atoms with van der Waals surface area (Å²) in [7, 11) is 1.80. The van der Waals surface area contributed by atoms with Crippen molar-refractivity contribution in [3.8, 4) is 5.75 Å². The number of halogens is 1. The fourth-order valence-electron chi connectivity index (χ4n) is 3.81. The van der Waals surface area contributed by atoms with Gasteiger partial charge in [-0.15, -0.1) is 11.3 Å². The minimum Gasteiger partial charge on any atom is -0.490 e. The third-order valence-electron chi connectivity index (χ3n) is 5.85. The van der Waals surface area contributed by atoms with Gasteiger partial charge >= 0.3 is 6.03 Å². The fourth-order valence-corrected chi connectivity index (χ4v) is 4.91. The first kappa shape index (κ1) is 25.1. The van der Waals surface area contributed by atoms with E-state index >= 15 is 0 Å². The zero-order chi connectivity index (χ0) is 25.2. The number of nitrogens with zero attached hydrogens (tertiary/aromatic N) is 3. The second-order valence-electron chi connectivity index (χ2n) is 9.60. The molecule has 3 heterocycles. The molecule has 1 saturated heterocycles. The third kappa shape index (κ3) is 6.15. The van der Waals surface area contributed by atoms with Crippen molar-refractivity contribution < 1.29 is 14.3 Å². The van der Waals surface area contributed by atoms with E-state index in [1.807, 2.05) is 28.5 Å². The summed E-state index contributed by atoms with van der Waals surface area (Å²) in [4.78, 5) is 27.5. The summed E-state index contributed by atoms with van der Waals surface area (Å²) in [6.07, 6.45) is 1.53. The summed E-state index contributed by atoms with van der Waals surface area (Å²) in [5, 5.41) is 12.5. The van der Waals surface area contributed by atoms with Gasteiger partial charge in [-0.05, 0) is 35.7 Å². The van der Waals surface area contributed by atoms with Crippen LogP contribution in [0.4, 0.5) is 16.3 Å². The van der Waals surface area contributed by atoms with Crippen LogP contribution in [-0.4, -0.2) is 45.8 Å². The summed E-state index contributed by atoms with van der Waals surface area (Å²) in [6.45, 7) is 7.48. The fraction of sp³-hybridized carbons (Fsp3) is 0.400.